The first-order valence-electron chi connectivity index (χ1n) is 8.08. The van der Waals surface area contributed by atoms with Crippen LogP contribution >= 0.6 is 11.3 Å². The molecule has 134 valence electrons. The largest absolute Gasteiger partial charge is 0.296 e. The minimum absolute atomic E-state index is 0.125. The van der Waals surface area contributed by atoms with Crippen LogP contribution in [0.25, 0.3) is 10.8 Å². The zero-order valence-electron chi connectivity index (χ0n) is 13.9. The molecule has 27 heavy (non-hydrogen) atoms. The third-order valence-electron chi connectivity index (χ3n) is 3.98. The minimum Gasteiger partial charge on any atom is -0.296 e. The maximum Gasteiger partial charge on any atom is 0.278 e. The SMILES string of the molecule is O=C(Nc1ncc(Cc2ccc(F)cc2)s1)c1n[nH]c(=O)c2ccccc12. The van der Waals surface area contributed by atoms with E-state index < -0.39 is 5.91 Å². The average molecular weight is 380 g/mol. The second-order valence-electron chi connectivity index (χ2n) is 5.84. The first-order chi connectivity index (χ1) is 13.1. The van der Waals surface area contributed by atoms with Gasteiger partial charge in [0.05, 0.1) is 5.39 Å². The first kappa shape index (κ1) is 17.0. The molecule has 0 unspecified atom stereocenters. The summed E-state index contributed by atoms with van der Waals surface area (Å²) in [6.07, 6.45) is 2.26. The van der Waals surface area contributed by atoms with Gasteiger partial charge in [-0.3, -0.25) is 14.9 Å². The van der Waals surface area contributed by atoms with Crippen molar-refractivity contribution in [2.75, 3.05) is 5.32 Å². The summed E-state index contributed by atoms with van der Waals surface area (Å²) < 4.78 is 13.0. The molecule has 0 aliphatic rings. The molecule has 0 atom stereocenters. The zero-order chi connectivity index (χ0) is 18.8. The number of H-pyrrole nitrogens is 1. The summed E-state index contributed by atoms with van der Waals surface area (Å²) in [5, 5.41) is 10.2. The van der Waals surface area contributed by atoms with E-state index in [0.717, 1.165) is 10.4 Å². The quantitative estimate of drug-likeness (QED) is 0.568. The van der Waals surface area contributed by atoms with Crippen LogP contribution in [0.15, 0.2) is 59.5 Å². The van der Waals surface area contributed by atoms with Crippen molar-refractivity contribution >= 4 is 33.1 Å². The first-order valence-corrected chi connectivity index (χ1v) is 8.90. The van der Waals surface area contributed by atoms with Gasteiger partial charge in [-0.2, -0.15) is 5.10 Å². The molecule has 0 aliphatic heterocycles. The van der Waals surface area contributed by atoms with Crippen molar-refractivity contribution in [2.24, 2.45) is 0 Å². The molecular formula is C19H13FN4O2S. The third-order valence-corrected chi connectivity index (χ3v) is 4.89. The molecule has 4 rings (SSSR count). The molecule has 0 spiro atoms. The number of halogens is 1. The van der Waals surface area contributed by atoms with Crippen molar-refractivity contribution in [2.45, 2.75) is 6.42 Å². The van der Waals surface area contributed by atoms with Crippen molar-refractivity contribution in [1.29, 1.82) is 0 Å². The summed E-state index contributed by atoms with van der Waals surface area (Å²) in [5.74, 6) is -0.734. The number of carbonyl (C=O) groups is 1. The van der Waals surface area contributed by atoms with Gasteiger partial charge in [-0.1, -0.05) is 30.3 Å². The fraction of sp³-hybridized carbons (Fsp3) is 0.0526. The van der Waals surface area contributed by atoms with Crippen LogP contribution in [-0.2, 0) is 6.42 Å². The predicted octanol–water partition coefficient (Wildman–Crippen LogP) is 3.36. The Morgan fingerprint density at radius 1 is 1.11 bits per heavy atom. The highest BCUT2D eigenvalue weighted by atomic mass is 32.1. The number of hydrogen-bond acceptors (Lipinski definition) is 5. The number of nitrogens with zero attached hydrogens (tertiary/aromatic N) is 2. The van der Waals surface area contributed by atoms with Crippen LogP contribution < -0.4 is 10.9 Å². The molecule has 1 amide bonds. The number of fused-ring (bicyclic) bond motifs is 1. The molecule has 4 aromatic rings. The summed E-state index contributed by atoms with van der Waals surface area (Å²) in [4.78, 5) is 29.5. The number of benzene rings is 2. The van der Waals surface area contributed by atoms with Crippen molar-refractivity contribution in [3.63, 3.8) is 0 Å². The lowest BCUT2D eigenvalue weighted by atomic mass is 10.1. The van der Waals surface area contributed by atoms with Gasteiger partial charge in [-0.15, -0.1) is 11.3 Å². The van der Waals surface area contributed by atoms with Crippen LogP contribution in [0.4, 0.5) is 9.52 Å². The highest BCUT2D eigenvalue weighted by Crippen LogP contribution is 2.22. The van der Waals surface area contributed by atoms with E-state index >= 15 is 0 Å². The third kappa shape index (κ3) is 3.61. The molecule has 2 N–H and O–H groups in total. The van der Waals surface area contributed by atoms with E-state index in [2.05, 4.69) is 20.5 Å². The van der Waals surface area contributed by atoms with Crippen molar-refractivity contribution in [1.82, 2.24) is 15.2 Å². The lowest BCUT2D eigenvalue weighted by Gasteiger charge is -2.04. The standard InChI is InChI=1S/C19H13FN4O2S/c20-12-7-5-11(6-8-12)9-13-10-21-19(27-13)22-18(26)16-14-3-1-2-4-15(14)17(25)24-23-16/h1-8,10H,9H2,(H,24,25)(H,21,22,26). The van der Waals surface area contributed by atoms with Crippen molar-refractivity contribution in [3.8, 4) is 0 Å². The van der Waals surface area contributed by atoms with Gasteiger partial charge in [0.2, 0.25) is 0 Å². The molecule has 0 radical (unpaired) electrons. The maximum atomic E-state index is 13.0. The van der Waals surface area contributed by atoms with E-state index in [1.54, 1.807) is 42.6 Å². The summed E-state index contributed by atoms with van der Waals surface area (Å²) in [6.45, 7) is 0. The Balaban J connectivity index is 1.54. The predicted molar refractivity (Wildman–Crippen MR) is 102 cm³/mol. The average Bonchev–Trinajstić information content (AvgIpc) is 3.11. The van der Waals surface area contributed by atoms with Gasteiger partial charge >= 0.3 is 0 Å². The molecule has 0 saturated carbocycles. The van der Waals surface area contributed by atoms with E-state index in [0.29, 0.717) is 22.3 Å². The van der Waals surface area contributed by atoms with E-state index in [1.807, 2.05) is 0 Å². The van der Waals surface area contributed by atoms with Crippen LogP contribution in [0.5, 0.6) is 0 Å². The fourth-order valence-corrected chi connectivity index (χ4v) is 3.54. The van der Waals surface area contributed by atoms with E-state index in [9.17, 15) is 14.0 Å². The minimum atomic E-state index is -0.454. The van der Waals surface area contributed by atoms with Crippen molar-refractivity contribution in [3.05, 3.63) is 87.0 Å². The van der Waals surface area contributed by atoms with Gasteiger partial charge in [-0.05, 0) is 23.8 Å². The molecule has 0 saturated heterocycles. The Hall–Kier alpha value is -3.39. The number of aromatic nitrogens is 3. The number of anilines is 1. The number of carbonyl (C=O) groups excluding carboxylic acids is 1. The fourth-order valence-electron chi connectivity index (χ4n) is 2.69. The molecule has 0 bridgehead atoms. The van der Waals surface area contributed by atoms with Gasteiger partial charge in [0.15, 0.2) is 10.8 Å². The molecule has 2 heterocycles. The van der Waals surface area contributed by atoms with Crippen LogP contribution in [0.2, 0.25) is 0 Å². The second kappa shape index (κ2) is 7.08. The number of hydrogen-bond donors (Lipinski definition) is 2. The van der Waals surface area contributed by atoms with Crippen LogP contribution in [0.1, 0.15) is 20.9 Å². The Labute approximate surface area is 156 Å². The Bertz CT molecular complexity index is 1180. The van der Waals surface area contributed by atoms with Gasteiger partial charge in [0, 0.05) is 22.9 Å². The number of nitrogens with one attached hydrogen (secondary N) is 2. The van der Waals surface area contributed by atoms with Crippen LogP contribution in [-0.4, -0.2) is 21.1 Å². The summed E-state index contributed by atoms with van der Waals surface area (Å²) in [5.41, 5.74) is 0.727. The zero-order valence-corrected chi connectivity index (χ0v) is 14.7. The highest BCUT2D eigenvalue weighted by Gasteiger charge is 2.15. The highest BCUT2D eigenvalue weighted by molar-refractivity contribution is 7.15. The second-order valence-corrected chi connectivity index (χ2v) is 6.95. The summed E-state index contributed by atoms with van der Waals surface area (Å²) in [6, 6.07) is 13.0. The van der Waals surface area contributed by atoms with Crippen LogP contribution in [0.3, 0.4) is 0 Å². The number of amides is 1. The van der Waals surface area contributed by atoms with Gasteiger partial charge in [-0.25, -0.2) is 14.5 Å². The summed E-state index contributed by atoms with van der Waals surface area (Å²) in [7, 11) is 0. The van der Waals surface area contributed by atoms with E-state index in [-0.39, 0.29) is 17.1 Å². The Kier molecular flexibility index (Phi) is 4.47. The molecule has 2 aromatic carbocycles. The lowest BCUT2D eigenvalue weighted by Crippen LogP contribution is -2.19. The Morgan fingerprint density at radius 2 is 1.85 bits per heavy atom. The number of rotatable bonds is 4. The van der Waals surface area contributed by atoms with Gasteiger partial charge in [0.25, 0.3) is 11.5 Å². The normalized spacial score (nSPS) is 10.9. The molecule has 0 aliphatic carbocycles. The number of aromatic amines is 1. The maximum absolute atomic E-state index is 13.0. The molecule has 6 nitrogen and oxygen atoms in total. The van der Waals surface area contributed by atoms with Gasteiger partial charge in [0.1, 0.15) is 5.82 Å². The lowest BCUT2D eigenvalue weighted by molar-refractivity contribution is 0.102. The van der Waals surface area contributed by atoms with E-state index in [4.69, 9.17) is 0 Å². The van der Waals surface area contributed by atoms with Gasteiger partial charge < -0.3 is 0 Å². The topological polar surface area (TPSA) is 87.7 Å². The monoisotopic (exact) mass is 380 g/mol. The summed E-state index contributed by atoms with van der Waals surface area (Å²) >= 11 is 1.33. The Morgan fingerprint density at radius 3 is 2.63 bits per heavy atom. The molecule has 2 aromatic heterocycles. The smallest absolute Gasteiger partial charge is 0.278 e. The molecular weight excluding hydrogens is 367 g/mol. The van der Waals surface area contributed by atoms with Crippen molar-refractivity contribution < 1.29 is 9.18 Å². The number of thiazole rings is 1. The van der Waals surface area contributed by atoms with E-state index in [1.165, 1.54) is 23.5 Å². The van der Waals surface area contributed by atoms with Crippen LogP contribution in [0, 0.1) is 5.82 Å². The molecule has 8 heteroatoms. The molecule has 0 fully saturated rings.